The Labute approximate surface area is 105 Å². The average molecular weight is 256 g/mol. The molecule has 0 aromatic heterocycles. The maximum Gasteiger partial charge on any atom is 0.168 e. The first kappa shape index (κ1) is 13.1. The molecule has 100 valence electrons. The lowest BCUT2D eigenvalue weighted by molar-refractivity contribution is -0.0388. The maximum atomic E-state index is 13.0. The fraction of sp³-hybridized carbons (Fsp3) is 0.538. The third-order valence-corrected chi connectivity index (χ3v) is 2.79. The molecule has 0 spiro atoms. The minimum atomic E-state index is -0.683. The molecule has 0 aliphatic carbocycles. The molecule has 18 heavy (non-hydrogen) atoms. The Kier molecular flexibility index (Phi) is 4.78. The van der Waals surface area contributed by atoms with E-state index in [1.807, 2.05) is 0 Å². The van der Waals surface area contributed by atoms with Gasteiger partial charge in [0.1, 0.15) is 12.4 Å². The highest BCUT2D eigenvalue weighted by Crippen LogP contribution is 2.21. The highest BCUT2D eigenvalue weighted by Gasteiger charge is 2.13. The Morgan fingerprint density at radius 2 is 2.06 bits per heavy atom. The number of hydrogen-bond donors (Lipinski definition) is 1. The van der Waals surface area contributed by atoms with E-state index in [2.05, 4.69) is 0 Å². The van der Waals surface area contributed by atoms with Crippen LogP contribution in [0.1, 0.15) is 12.8 Å². The van der Waals surface area contributed by atoms with Crippen molar-refractivity contribution in [3.63, 3.8) is 0 Å². The van der Waals surface area contributed by atoms with Crippen molar-refractivity contribution in [1.29, 1.82) is 0 Å². The maximum absolute atomic E-state index is 13.0. The van der Waals surface area contributed by atoms with Gasteiger partial charge in [-0.15, -0.1) is 0 Å². The van der Waals surface area contributed by atoms with E-state index in [0.29, 0.717) is 19.0 Å². The van der Waals surface area contributed by atoms with Gasteiger partial charge in [-0.1, -0.05) is 0 Å². The highest BCUT2D eigenvalue weighted by molar-refractivity contribution is 5.31. The van der Waals surface area contributed by atoms with E-state index < -0.39 is 5.82 Å². The Morgan fingerprint density at radius 3 is 2.78 bits per heavy atom. The molecule has 1 aliphatic heterocycles. The van der Waals surface area contributed by atoms with Gasteiger partial charge in [-0.05, 0) is 25.0 Å². The topological polar surface area (TPSA) is 47.9 Å². The molecular weight excluding hydrogens is 239 g/mol. The lowest BCUT2D eigenvalue weighted by Crippen LogP contribution is -2.25. The largest absolute Gasteiger partial charge is 0.505 e. The number of phenolic OH excluding ortho intramolecular Hbond substituents is 1. The summed E-state index contributed by atoms with van der Waals surface area (Å²) in [6.45, 7) is 2.32. The zero-order valence-electron chi connectivity index (χ0n) is 10.1. The summed E-state index contributed by atoms with van der Waals surface area (Å²) in [5.74, 6) is -0.667. The summed E-state index contributed by atoms with van der Waals surface area (Å²) in [6.07, 6.45) is 2.06. The van der Waals surface area contributed by atoms with Crippen LogP contribution in [0, 0.1) is 5.82 Å². The molecule has 0 radical (unpaired) electrons. The van der Waals surface area contributed by atoms with Crippen LogP contribution in [0.5, 0.6) is 11.5 Å². The molecule has 1 aromatic carbocycles. The van der Waals surface area contributed by atoms with Gasteiger partial charge in [0.15, 0.2) is 11.6 Å². The number of ether oxygens (including phenoxy) is 3. The number of aromatic hydroxyl groups is 1. The second kappa shape index (κ2) is 6.56. The number of benzene rings is 1. The van der Waals surface area contributed by atoms with Crippen molar-refractivity contribution in [3.8, 4) is 11.5 Å². The molecule has 1 N–H and O–H groups in total. The first-order valence-corrected chi connectivity index (χ1v) is 6.06. The molecule has 0 bridgehead atoms. The second-order valence-corrected chi connectivity index (χ2v) is 4.14. The minimum Gasteiger partial charge on any atom is -0.505 e. The third kappa shape index (κ3) is 3.85. The molecule has 1 saturated heterocycles. The van der Waals surface area contributed by atoms with Crippen LogP contribution in [-0.2, 0) is 9.47 Å². The molecule has 4 nitrogen and oxygen atoms in total. The normalized spacial score (nSPS) is 16.7. The van der Waals surface area contributed by atoms with Gasteiger partial charge < -0.3 is 19.3 Å². The molecule has 0 saturated carbocycles. The molecule has 0 unspecified atom stereocenters. The van der Waals surface area contributed by atoms with Crippen molar-refractivity contribution in [2.45, 2.75) is 18.9 Å². The molecule has 1 fully saturated rings. The van der Waals surface area contributed by atoms with Crippen molar-refractivity contribution in [3.05, 3.63) is 24.0 Å². The zero-order chi connectivity index (χ0) is 12.8. The van der Waals surface area contributed by atoms with E-state index in [0.717, 1.165) is 32.1 Å². The van der Waals surface area contributed by atoms with Gasteiger partial charge in [-0.2, -0.15) is 0 Å². The molecule has 1 aromatic rings. The average Bonchev–Trinajstić information content (AvgIpc) is 2.40. The Bertz CT molecular complexity index is 377. The predicted octanol–water partition coefficient (Wildman–Crippen LogP) is 2.11. The lowest BCUT2D eigenvalue weighted by atomic mass is 10.2. The van der Waals surface area contributed by atoms with Crippen molar-refractivity contribution in [2.75, 3.05) is 26.4 Å². The number of rotatable bonds is 5. The summed E-state index contributed by atoms with van der Waals surface area (Å²) in [4.78, 5) is 0. The summed E-state index contributed by atoms with van der Waals surface area (Å²) >= 11 is 0. The van der Waals surface area contributed by atoms with E-state index in [1.54, 1.807) is 0 Å². The van der Waals surface area contributed by atoms with Gasteiger partial charge in [0.2, 0.25) is 0 Å². The van der Waals surface area contributed by atoms with Crippen LogP contribution in [0.25, 0.3) is 0 Å². The lowest BCUT2D eigenvalue weighted by Gasteiger charge is -2.22. The van der Waals surface area contributed by atoms with Crippen LogP contribution in [0.2, 0.25) is 0 Å². The zero-order valence-corrected chi connectivity index (χ0v) is 10.1. The highest BCUT2D eigenvalue weighted by atomic mass is 19.1. The number of halogens is 1. The van der Waals surface area contributed by atoms with Crippen molar-refractivity contribution in [2.24, 2.45) is 0 Å². The fourth-order valence-corrected chi connectivity index (χ4v) is 1.79. The summed E-state index contributed by atoms with van der Waals surface area (Å²) in [5, 5.41) is 9.02. The van der Waals surface area contributed by atoms with Crippen LogP contribution in [0.4, 0.5) is 4.39 Å². The Hall–Kier alpha value is -1.33. The van der Waals surface area contributed by atoms with Gasteiger partial charge in [0.25, 0.3) is 0 Å². The summed E-state index contributed by atoms with van der Waals surface area (Å²) in [5.41, 5.74) is 0. The first-order valence-electron chi connectivity index (χ1n) is 6.06. The molecule has 0 amide bonds. The SMILES string of the molecule is Oc1ccc(OCCOC2CCOCC2)cc1F. The molecule has 1 heterocycles. The summed E-state index contributed by atoms with van der Waals surface area (Å²) in [6, 6.07) is 3.95. The van der Waals surface area contributed by atoms with Crippen LogP contribution in [0.3, 0.4) is 0 Å². The molecule has 1 aliphatic rings. The van der Waals surface area contributed by atoms with E-state index in [-0.39, 0.29) is 11.9 Å². The smallest absolute Gasteiger partial charge is 0.168 e. The van der Waals surface area contributed by atoms with Crippen LogP contribution < -0.4 is 4.74 Å². The fourth-order valence-electron chi connectivity index (χ4n) is 1.79. The Morgan fingerprint density at radius 1 is 1.28 bits per heavy atom. The standard InChI is InChI=1S/C13H17FO4/c14-12-9-11(1-2-13(12)15)18-8-7-17-10-3-5-16-6-4-10/h1-2,9-10,15H,3-8H2. The number of phenols is 1. The summed E-state index contributed by atoms with van der Waals surface area (Å²) in [7, 11) is 0. The van der Waals surface area contributed by atoms with E-state index in [4.69, 9.17) is 19.3 Å². The third-order valence-electron chi connectivity index (χ3n) is 2.79. The van der Waals surface area contributed by atoms with Gasteiger partial charge in [0.05, 0.1) is 12.7 Å². The number of hydrogen-bond acceptors (Lipinski definition) is 4. The predicted molar refractivity (Wildman–Crippen MR) is 63.4 cm³/mol. The van der Waals surface area contributed by atoms with Gasteiger partial charge in [0, 0.05) is 19.3 Å². The summed E-state index contributed by atoms with van der Waals surface area (Å²) < 4.78 is 29.2. The molecule has 2 rings (SSSR count). The van der Waals surface area contributed by atoms with E-state index in [9.17, 15) is 4.39 Å². The monoisotopic (exact) mass is 256 g/mol. The Balaban J connectivity index is 1.66. The molecule has 0 atom stereocenters. The second-order valence-electron chi connectivity index (χ2n) is 4.14. The first-order chi connectivity index (χ1) is 8.75. The van der Waals surface area contributed by atoms with Crippen molar-refractivity contribution in [1.82, 2.24) is 0 Å². The van der Waals surface area contributed by atoms with Gasteiger partial charge in [-0.25, -0.2) is 4.39 Å². The minimum absolute atomic E-state index is 0.235. The van der Waals surface area contributed by atoms with Crippen LogP contribution >= 0.6 is 0 Å². The van der Waals surface area contributed by atoms with Crippen molar-refractivity contribution < 1.29 is 23.7 Å². The van der Waals surface area contributed by atoms with Gasteiger partial charge in [-0.3, -0.25) is 0 Å². The van der Waals surface area contributed by atoms with E-state index >= 15 is 0 Å². The van der Waals surface area contributed by atoms with E-state index in [1.165, 1.54) is 12.1 Å². The molecule has 5 heteroatoms. The molecular formula is C13H17FO4. The quantitative estimate of drug-likeness (QED) is 0.820. The van der Waals surface area contributed by atoms with Crippen LogP contribution in [0.15, 0.2) is 18.2 Å². The van der Waals surface area contributed by atoms with Gasteiger partial charge >= 0.3 is 0 Å². The van der Waals surface area contributed by atoms with Crippen molar-refractivity contribution >= 4 is 0 Å². The van der Waals surface area contributed by atoms with Crippen LogP contribution in [-0.4, -0.2) is 37.6 Å².